The molecule has 6 nitrogen and oxygen atoms in total. The van der Waals surface area contributed by atoms with Crippen molar-refractivity contribution >= 4 is 5.97 Å². The largest absolute Gasteiger partial charge is 0.462 e. The fourth-order valence-corrected chi connectivity index (χ4v) is 8.87. The minimum Gasteiger partial charge on any atom is -0.462 e. The summed E-state index contributed by atoms with van der Waals surface area (Å²) in [5.74, 6) is 2.90. The summed E-state index contributed by atoms with van der Waals surface area (Å²) in [7, 11) is 3.40. The number of methoxy groups -OCH3 is 2. The van der Waals surface area contributed by atoms with E-state index in [1.165, 1.54) is 19.3 Å². The molecule has 5 rings (SSSR count). The Balaban J connectivity index is 1.41. The van der Waals surface area contributed by atoms with E-state index >= 15 is 0 Å². The van der Waals surface area contributed by atoms with Gasteiger partial charge in [0, 0.05) is 20.1 Å². The first-order valence-electron chi connectivity index (χ1n) is 12.3. The van der Waals surface area contributed by atoms with Crippen LogP contribution in [-0.2, 0) is 28.5 Å². The van der Waals surface area contributed by atoms with Gasteiger partial charge < -0.3 is 23.7 Å². The summed E-state index contributed by atoms with van der Waals surface area (Å²) in [6, 6.07) is 0. The Hall–Kier alpha value is -0.690. The molecule has 5 fully saturated rings. The summed E-state index contributed by atoms with van der Waals surface area (Å²) >= 11 is 0. The van der Waals surface area contributed by atoms with Gasteiger partial charge in [-0.05, 0) is 79.4 Å². The molecule has 0 aromatic carbocycles. The predicted octanol–water partition coefficient (Wildman–Crippen LogP) is 4.16. The zero-order valence-electron chi connectivity index (χ0n) is 19.6. The Bertz CT molecular complexity index is 683. The highest BCUT2D eigenvalue weighted by molar-refractivity contribution is 5.72. The summed E-state index contributed by atoms with van der Waals surface area (Å²) in [6.45, 7) is 5.70. The number of esters is 1. The third kappa shape index (κ3) is 3.48. The quantitative estimate of drug-likeness (QED) is 0.460. The topological polar surface area (TPSA) is 63.2 Å². The Morgan fingerprint density at radius 1 is 0.871 bits per heavy atom. The predicted molar refractivity (Wildman–Crippen MR) is 114 cm³/mol. The van der Waals surface area contributed by atoms with Crippen LogP contribution in [0.3, 0.4) is 0 Å². The van der Waals surface area contributed by atoms with Crippen molar-refractivity contribution in [1.29, 1.82) is 0 Å². The summed E-state index contributed by atoms with van der Waals surface area (Å²) in [5, 5.41) is 0. The molecule has 4 saturated carbocycles. The molecule has 0 radical (unpaired) electrons. The van der Waals surface area contributed by atoms with Crippen molar-refractivity contribution in [3.63, 3.8) is 0 Å². The molecule has 6 heteroatoms. The average molecular weight is 437 g/mol. The van der Waals surface area contributed by atoms with E-state index in [9.17, 15) is 4.79 Å². The molecule has 4 aliphatic carbocycles. The third-order valence-electron chi connectivity index (χ3n) is 10.3. The number of fused-ring (bicyclic) bond motifs is 7. The lowest BCUT2D eigenvalue weighted by atomic mass is 9.44. The summed E-state index contributed by atoms with van der Waals surface area (Å²) < 4.78 is 28.7. The molecule has 10 atom stereocenters. The van der Waals surface area contributed by atoms with Gasteiger partial charge in [-0.2, -0.15) is 0 Å². The van der Waals surface area contributed by atoms with Gasteiger partial charge >= 0.3 is 5.97 Å². The van der Waals surface area contributed by atoms with Gasteiger partial charge in [-0.15, -0.1) is 0 Å². The molecule has 176 valence electrons. The monoisotopic (exact) mass is 436 g/mol. The molecule has 0 bridgehead atoms. The number of carbonyl (C=O) groups is 1. The standard InChI is InChI=1S/C25H40O6/c1-24-7-5-15(29-13-27-3)9-19(24)21(30-14-28-4)10-16-17(24)6-8-25(2)18(16)11-22-20(25)12-23(26)31-22/h15-22H,5-14H2,1-4H3/t15-,16+,17-,18-,19?,20-,21-,22-,24+,25-/m0/s1. The van der Waals surface area contributed by atoms with Crippen molar-refractivity contribution in [1.82, 2.24) is 0 Å². The highest BCUT2D eigenvalue weighted by Crippen LogP contribution is 2.69. The third-order valence-corrected chi connectivity index (χ3v) is 10.3. The molecule has 0 aromatic heterocycles. The lowest BCUT2D eigenvalue weighted by Gasteiger charge is -2.62. The molecule has 31 heavy (non-hydrogen) atoms. The SMILES string of the molecule is COCO[C@H]1CC[C@@]2(C)C(C1)[C@@H](OCOC)C[C@H]1[C@@H]3C[C@@H]4OC(=O)C[C@@H]4[C@@]3(C)CC[C@@H]12. The summed E-state index contributed by atoms with van der Waals surface area (Å²) in [4.78, 5) is 12.0. The number of hydrogen-bond donors (Lipinski definition) is 0. The van der Waals surface area contributed by atoms with Crippen LogP contribution < -0.4 is 0 Å². The van der Waals surface area contributed by atoms with Gasteiger partial charge in [-0.1, -0.05) is 13.8 Å². The molecule has 1 unspecified atom stereocenters. The fourth-order valence-electron chi connectivity index (χ4n) is 8.87. The normalized spacial score (nSPS) is 50.9. The maximum absolute atomic E-state index is 12.0. The molecule has 1 aliphatic heterocycles. The van der Waals surface area contributed by atoms with Crippen LogP contribution in [0.25, 0.3) is 0 Å². The van der Waals surface area contributed by atoms with Crippen LogP contribution in [0.5, 0.6) is 0 Å². The molecule has 0 amide bonds. The molecule has 0 aromatic rings. The van der Waals surface area contributed by atoms with Crippen LogP contribution in [0.1, 0.15) is 65.2 Å². The van der Waals surface area contributed by atoms with Crippen molar-refractivity contribution in [2.45, 2.75) is 83.5 Å². The van der Waals surface area contributed by atoms with Crippen LogP contribution >= 0.6 is 0 Å². The second-order valence-corrected chi connectivity index (χ2v) is 11.4. The highest BCUT2D eigenvalue weighted by Gasteiger charge is 2.66. The van der Waals surface area contributed by atoms with Gasteiger partial charge in [0.25, 0.3) is 0 Å². The van der Waals surface area contributed by atoms with Crippen molar-refractivity contribution in [2.75, 3.05) is 27.8 Å². The Morgan fingerprint density at radius 3 is 2.35 bits per heavy atom. The molecule has 5 aliphatic rings. The van der Waals surface area contributed by atoms with E-state index in [-0.39, 0.29) is 35.1 Å². The van der Waals surface area contributed by atoms with Crippen LogP contribution in [0.2, 0.25) is 0 Å². The van der Waals surface area contributed by atoms with E-state index in [0.29, 0.717) is 43.7 Å². The van der Waals surface area contributed by atoms with Gasteiger partial charge in [0.15, 0.2) is 0 Å². The van der Waals surface area contributed by atoms with Crippen molar-refractivity contribution in [3.8, 4) is 0 Å². The van der Waals surface area contributed by atoms with Crippen molar-refractivity contribution < 1.29 is 28.5 Å². The first-order chi connectivity index (χ1) is 14.9. The first kappa shape index (κ1) is 22.1. The van der Waals surface area contributed by atoms with Crippen LogP contribution in [0.4, 0.5) is 0 Å². The molecular weight excluding hydrogens is 396 g/mol. The molecule has 0 spiro atoms. The van der Waals surface area contributed by atoms with E-state index in [2.05, 4.69) is 13.8 Å². The van der Waals surface area contributed by atoms with Crippen LogP contribution in [0.15, 0.2) is 0 Å². The maximum atomic E-state index is 12.0. The van der Waals surface area contributed by atoms with Crippen molar-refractivity contribution in [2.24, 2.45) is 40.4 Å². The fraction of sp³-hybridized carbons (Fsp3) is 0.960. The Kier molecular flexibility index (Phi) is 5.90. The average Bonchev–Trinajstić information content (AvgIpc) is 3.25. The smallest absolute Gasteiger partial charge is 0.306 e. The van der Waals surface area contributed by atoms with Gasteiger partial charge in [-0.25, -0.2) is 0 Å². The van der Waals surface area contributed by atoms with E-state index in [0.717, 1.165) is 31.6 Å². The maximum Gasteiger partial charge on any atom is 0.306 e. The van der Waals surface area contributed by atoms with Crippen molar-refractivity contribution in [3.05, 3.63) is 0 Å². The lowest BCUT2D eigenvalue weighted by molar-refractivity contribution is -0.213. The van der Waals surface area contributed by atoms with E-state index in [1.807, 2.05) is 0 Å². The number of hydrogen-bond acceptors (Lipinski definition) is 6. The molecule has 0 N–H and O–H groups in total. The summed E-state index contributed by atoms with van der Waals surface area (Å²) in [5.41, 5.74) is 0.496. The minimum atomic E-state index is 0.0168. The first-order valence-corrected chi connectivity index (χ1v) is 12.3. The zero-order valence-corrected chi connectivity index (χ0v) is 19.6. The second-order valence-electron chi connectivity index (χ2n) is 11.4. The number of ether oxygens (including phenoxy) is 5. The molecule has 1 saturated heterocycles. The minimum absolute atomic E-state index is 0.0168. The van der Waals surface area contributed by atoms with Gasteiger partial charge in [0.2, 0.25) is 0 Å². The number of carbonyl (C=O) groups excluding carboxylic acids is 1. The molecule has 1 heterocycles. The van der Waals surface area contributed by atoms with E-state index in [1.54, 1.807) is 14.2 Å². The van der Waals surface area contributed by atoms with Crippen LogP contribution in [0, 0.1) is 40.4 Å². The lowest BCUT2D eigenvalue weighted by Crippen LogP contribution is -2.59. The zero-order chi connectivity index (χ0) is 21.8. The Morgan fingerprint density at radius 2 is 1.58 bits per heavy atom. The van der Waals surface area contributed by atoms with E-state index < -0.39 is 0 Å². The summed E-state index contributed by atoms with van der Waals surface area (Å²) in [6.07, 6.45) is 9.18. The van der Waals surface area contributed by atoms with Gasteiger partial charge in [0.1, 0.15) is 19.7 Å². The van der Waals surface area contributed by atoms with Gasteiger partial charge in [-0.3, -0.25) is 4.79 Å². The van der Waals surface area contributed by atoms with E-state index in [4.69, 9.17) is 23.7 Å². The van der Waals surface area contributed by atoms with Crippen LogP contribution in [-0.4, -0.2) is 52.1 Å². The highest BCUT2D eigenvalue weighted by atomic mass is 16.7. The Labute approximate surface area is 186 Å². The number of rotatable bonds is 6. The second kappa shape index (κ2) is 8.27. The molecular formula is C25H40O6. The van der Waals surface area contributed by atoms with Gasteiger partial charge in [0.05, 0.1) is 18.6 Å².